The molecule has 0 aliphatic rings. The Bertz CT molecular complexity index is 483. The molecule has 1 aromatic carbocycles. The number of hydrogen-bond acceptors (Lipinski definition) is 5. The van der Waals surface area contributed by atoms with Crippen molar-refractivity contribution in [3.05, 3.63) is 52.1 Å². The Morgan fingerprint density at radius 1 is 1.56 bits per heavy atom. The summed E-state index contributed by atoms with van der Waals surface area (Å²) in [5, 5.41) is 20.7. The van der Waals surface area contributed by atoms with E-state index in [1.807, 2.05) is 0 Å². The van der Waals surface area contributed by atoms with Crippen LogP contribution in [0.15, 0.2) is 36.4 Å². The van der Waals surface area contributed by atoms with Gasteiger partial charge in [-0.2, -0.15) is 0 Å². The third kappa shape index (κ3) is 2.92. The first-order valence-corrected chi connectivity index (χ1v) is 5.26. The van der Waals surface area contributed by atoms with Crippen LogP contribution in [0.4, 0.5) is 5.69 Å². The van der Waals surface area contributed by atoms with Crippen LogP contribution in [0.1, 0.15) is 18.6 Å². The Morgan fingerprint density at radius 3 is 2.72 bits per heavy atom. The van der Waals surface area contributed by atoms with Gasteiger partial charge in [0.15, 0.2) is 0 Å². The number of hydrogen-bond donors (Lipinski definition) is 1. The molecule has 1 rings (SSSR count). The monoisotopic (exact) mass is 251 g/mol. The lowest BCUT2D eigenvalue weighted by Gasteiger charge is -2.13. The van der Waals surface area contributed by atoms with E-state index in [1.165, 1.54) is 24.3 Å². The van der Waals surface area contributed by atoms with Gasteiger partial charge in [-0.05, 0) is 13.0 Å². The van der Waals surface area contributed by atoms with Gasteiger partial charge in [-0.25, -0.2) is 4.79 Å². The Morgan fingerprint density at radius 2 is 2.17 bits per heavy atom. The molecule has 0 radical (unpaired) electrons. The summed E-state index contributed by atoms with van der Waals surface area (Å²) in [6, 6.07) is 5.62. The van der Waals surface area contributed by atoms with E-state index in [0.717, 1.165) is 0 Å². The summed E-state index contributed by atoms with van der Waals surface area (Å²) in [6.45, 7) is 5.16. The third-order valence-electron chi connectivity index (χ3n) is 2.30. The van der Waals surface area contributed by atoms with Crippen molar-refractivity contribution in [2.24, 2.45) is 0 Å². The van der Waals surface area contributed by atoms with Crippen molar-refractivity contribution in [1.29, 1.82) is 0 Å². The van der Waals surface area contributed by atoms with Gasteiger partial charge in [0.05, 0.1) is 22.7 Å². The highest BCUT2D eigenvalue weighted by molar-refractivity contribution is 5.89. The van der Waals surface area contributed by atoms with Gasteiger partial charge >= 0.3 is 5.97 Å². The molecule has 0 aliphatic carbocycles. The summed E-state index contributed by atoms with van der Waals surface area (Å²) in [7, 11) is 0. The van der Waals surface area contributed by atoms with Crippen LogP contribution >= 0.6 is 0 Å². The van der Waals surface area contributed by atoms with Crippen LogP contribution in [-0.2, 0) is 9.53 Å². The number of esters is 1. The maximum Gasteiger partial charge on any atom is 0.336 e. The smallest absolute Gasteiger partial charge is 0.336 e. The standard InChI is InChI=1S/C12H13NO5/c1-3-18-12(15)8(2)11(14)9-6-4-5-7-10(9)13(16)17/h4-7,11,14H,2-3H2,1H3. The summed E-state index contributed by atoms with van der Waals surface area (Å²) in [4.78, 5) is 21.6. The Balaban J connectivity index is 3.04. The van der Waals surface area contributed by atoms with Crippen LogP contribution in [0.5, 0.6) is 0 Å². The molecular weight excluding hydrogens is 238 g/mol. The van der Waals surface area contributed by atoms with Gasteiger partial charge in [-0.3, -0.25) is 10.1 Å². The molecule has 18 heavy (non-hydrogen) atoms. The number of aliphatic hydroxyl groups is 1. The first-order chi connectivity index (χ1) is 8.49. The van der Waals surface area contributed by atoms with Crippen molar-refractivity contribution < 1.29 is 19.6 Å². The number of benzene rings is 1. The number of para-hydroxylation sites is 1. The van der Waals surface area contributed by atoms with Crippen molar-refractivity contribution in [3.63, 3.8) is 0 Å². The van der Waals surface area contributed by atoms with Crippen LogP contribution in [-0.4, -0.2) is 22.6 Å². The number of carbonyl (C=O) groups is 1. The number of nitro groups is 1. The van der Waals surface area contributed by atoms with Crippen molar-refractivity contribution in [1.82, 2.24) is 0 Å². The molecule has 6 heteroatoms. The molecule has 1 unspecified atom stereocenters. The molecule has 1 N–H and O–H groups in total. The maximum absolute atomic E-state index is 11.4. The molecule has 0 bridgehead atoms. The molecule has 0 saturated heterocycles. The SMILES string of the molecule is C=C(C(=O)OCC)C(O)c1ccccc1[N+](=O)[O-]. The van der Waals surface area contributed by atoms with Gasteiger partial charge in [0.1, 0.15) is 6.10 Å². The zero-order valence-corrected chi connectivity index (χ0v) is 9.83. The molecule has 0 aliphatic heterocycles. The zero-order valence-electron chi connectivity index (χ0n) is 9.83. The normalized spacial score (nSPS) is 11.7. The molecule has 1 aromatic rings. The Labute approximate surface area is 104 Å². The largest absolute Gasteiger partial charge is 0.463 e. The van der Waals surface area contributed by atoms with Crippen molar-refractivity contribution >= 4 is 11.7 Å². The van der Waals surface area contributed by atoms with Gasteiger partial charge in [-0.1, -0.05) is 18.7 Å². The van der Waals surface area contributed by atoms with Crippen molar-refractivity contribution in [2.45, 2.75) is 13.0 Å². The van der Waals surface area contributed by atoms with E-state index in [0.29, 0.717) is 0 Å². The van der Waals surface area contributed by atoms with E-state index in [1.54, 1.807) is 6.92 Å². The molecule has 1 atom stereocenters. The quantitative estimate of drug-likeness (QED) is 0.372. The minimum absolute atomic E-state index is 0.0144. The van der Waals surface area contributed by atoms with Crippen LogP contribution in [0.2, 0.25) is 0 Å². The summed E-state index contributed by atoms with van der Waals surface area (Å²) >= 11 is 0. The van der Waals surface area contributed by atoms with Gasteiger partial charge in [0, 0.05) is 6.07 Å². The second kappa shape index (κ2) is 5.92. The number of nitrogens with zero attached hydrogens (tertiary/aromatic N) is 1. The molecule has 0 heterocycles. The minimum Gasteiger partial charge on any atom is -0.463 e. The Kier molecular flexibility index (Phi) is 4.56. The number of aliphatic hydroxyl groups excluding tert-OH is 1. The molecule has 0 amide bonds. The lowest BCUT2D eigenvalue weighted by molar-refractivity contribution is -0.386. The topological polar surface area (TPSA) is 89.7 Å². The highest BCUT2D eigenvalue weighted by atomic mass is 16.6. The predicted molar refractivity (Wildman–Crippen MR) is 63.8 cm³/mol. The third-order valence-corrected chi connectivity index (χ3v) is 2.30. The summed E-state index contributed by atoms with van der Waals surface area (Å²) < 4.78 is 4.68. The van der Waals surface area contributed by atoms with E-state index in [9.17, 15) is 20.0 Å². The molecule has 0 fully saturated rings. The van der Waals surface area contributed by atoms with E-state index in [2.05, 4.69) is 11.3 Å². The molecular formula is C12H13NO5. The first-order valence-electron chi connectivity index (χ1n) is 5.26. The number of ether oxygens (including phenoxy) is 1. The Hall–Kier alpha value is -2.21. The van der Waals surface area contributed by atoms with E-state index in [4.69, 9.17) is 0 Å². The second-order valence-electron chi connectivity index (χ2n) is 3.46. The lowest BCUT2D eigenvalue weighted by atomic mass is 10.0. The molecule has 6 nitrogen and oxygen atoms in total. The van der Waals surface area contributed by atoms with Crippen LogP contribution in [0, 0.1) is 10.1 Å². The lowest BCUT2D eigenvalue weighted by Crippen LogP contribution is -2.14. The minimum atomic E-state index is -1.45. The number of carbonyl (C=O) groups excluding carboxylic acids is 1. The maximum atomic E-state index is 11.4. The fourth-order valence-corrected chi connectivity index (χ4v) is 1.41. The molecule has 0 spiro atoms. The van der Waals surface area contributed by atoms with E-state index >= 15 is 0 Å². The van der Waals surface area contributed by atoms with E-state index < -0.39 is 17.0 Å². The van der Waals surface area contributed by atoms with Gasteiger partial charge in [0.2, 0.25) is 0 Å². The molecule has 0 aromatic heterocycles. The van der Waals surface area contributed by atoms with Crippen LogP contribution < -0.4 is 0 Å². The predicted octanol–water partition coefficient (Wildman–Crippen LogP) is 1.75. The fraction of sp³-hybridized carbons (Fsp3) is 0.250. The zero-order chi connectivity index (χ0) is 13.7. The average Bonchev–Trinajstić information content (AvgIpc) is 2.37. The second-order valence-corrected chi connectivity index (χ2v) is 3.46. The first kappa shape index (κ1) is 13.9. The van der Waals surface area contributed by atoms with E-state index in [-0.39, 0.29) is 23.4 Å². The van der Waals surface area contributed by atoms with Gasteiger partial charge in [0.25, 0.3) is 5.69 Å². The van der Waals surface area contributed by atoms with Crippen LogP contribution in [0.3, 0.4) is 0 Å². The highest BCUT2D eigenvalue weighted by Gasteiger charge is 2.25. The number of rotatable bonds is 5. The summed E-state index contributed by atoms with van der Waals surface area (Å²) in [6.07, 6.45) is -1.45. The molecule has 96 valence electrons. The highest BCUT2D eigenvalue weighted by Crippen LogP contribution is 2.29. The summed E-state index contributed by atoms with van der Waals surface area (Å²) in [5.74, 6) is -0.775. The van der Waals surface area contributed by atoms with Crippen LogP contribution in [0.25, 0.3) is 0 Å². The summed E-state index contributed by atoms with van der Waals surface area (Å²) in [5.41, 5.74) is -0.484. The fourth-order valence-electron chi connectivity index (χ4n) is 1.41. The van der Waals surface area contributed by atoms with Gasteiger partial charge in [-0.15, -0.1) is 0 Å². The molecule has 0 saturated carbocycles. The average molecular weight is 251 g/mol. The number of nitro benzene ring substituents is 1. The van der Waals surface area contributed by atoms with Gasteiger partial charge < -0.3 is 9.84 Å². The van der Waals surface area contributed by atoms with Crippen molar-refractivity contribution in [2.75, 3.05) is 6.61 Å². The van der Waals surface area contributed by atoms with Crippen molar-refractivity contribution in [3.8, 4) is 0 Å².